The quantitative estimate of drug-likeness (QED) is 0.449. The SMILES string of the molecule is COc1cc(C(C)=O)ccc1OCC(=O)OCC(=O)c1c(N)n(C)c(=O)n(C)c1=O. The highest BCUT2D eigenvalue weighted by Crippen LogP contribution is 2.28. The van der Waals surface area contributed by atoms with Gasteiger partial charge in [0.2, 0.25) is 5.78 Å². The van der Waals surface area contributed by atoms with E-state index in [4.69, 9.17) is 19.9 Å². The number of nitrogen functional groups attached to an aromatic ring is 1. The van der Waals surface area contributed by atoms with E-state index < -0.39 is 41.8 Å². The summed E-state index contributed by atoms with van der Waals surface area (Å²) in [5, 5.41) is 0. The van der Waals surface area contributed by atoms with Gasteiger partial charge in [0.05, 0.1) is 7.11 Å². The van der Waals surface area contributed by atoms with Gasteiger partial charge in [0.1, 0.15) is 11.4 Å². The normalized spacial score (nSPS) is 10.4. The Labute approximate surface area is 170 Å². The average Bonchev–Trinajstić information content (AvgIpc) is 2.73. The van der Waals surface area contributed by atoms with E-state index in [0.29, 0.717) is 5.56 Å². The van der Waals surface area contributed by atoms with Crippen molar-refractivity contribution in [3.63, 3.8) is 0 Å². The number of nitrogens with two attached hydrogens (primary N) is 1. The molecule has 0 saturated heterocycles. The lowest BCUT2D eigenvalue weighted by molar-refractivity contribution is -0.144. The molecule has 2 rings (SSSR count). The van der Waals surface area contributed by atoms with Crippen molar-refractivity contribution in [3.8, 4) is 11.5 Å². The second-order valence-electron chi connectivity index (χ2n) is 6.26. The van der Waals surface area contributed by atoms with Gasteiger partial charge >= 0.3 is 11.7 Å². The van der Waals surface area contributed by atoms with Gasteiger partial charge in [-0.2, -0.15) is 0 Å². The fourth-order valence-corrected chi connectivity index (χ4v) is 2.52. The van der Waals surface area contributed by atoms with Crippen LogP contribution in [0, 0.1) is 0 Å². The Hall–Kier alpha value is -3.89. The maximum absolute atomic E-state index is 12.3. The van der Waals surface area contributed by atoms with Crippen LogP contribution in [0.3, 0.4) is 0 Å². The van der Waals surface area contributed by atoms with Gasteiger partial charge in [-0.1, -0.05) is 0 Å². The van der Waals surface area contributed by atoms with E-state index in [0.717, 1.165) is 9.13 Å². The molecular weight excluding hydrogens is 398 g/mol. The Balaban J connectivity index is 2.04. The van der Waals surface area contributed by atoms with Gasteiger partial charge in [-0.3, -0.25) is 23.5 Å². The fraction of sp³-hybridized carbons (Fsp3) is 0.316. The monoisotopic (exact) mass is 419 g/mol. The summed E-state index contributed by atoms with van der Waals surface area (Å²) in [5.74, 6) is -1.80. The summed E-state index contributed by atoms with van der Waals surface area (Å²) < 4.78 is 16.9. The Morgan fingerprint density at radius 1 is 1.03 bits per heavy atom. The van der Waals surface area contributed by atoms with E-state index >= 15 is 0 Å². The number of methoxy groups -OCH3 is 1. The van der Waals surface area contributed by atoms with Crippen molar-refractivity contribution in [1.82, 2.24) is 9.13 Å². The van der Waals surface area contributed by atoms with Crippen LogP contribution < -0.4 is 26.5 Å². The molecule has 2 aromatic rings. The molecule has 0 bridgehead atoms. The van der Waals surface area contributed by atoms with Gasteiger partial charge in [-0.15, -0.1) is 0 Å². The number of Topliss-reactive ketones (excluding diaryl/α,β-unsaturated/α-hetero) is 2. The number of ketones is 2. The molecule has 0 fully saturated rings. The summed E-state index contributed by atoms with van der Waals surface area (Å²) in [7, 11) is 3.88. The van der Waals surface area contributed by atoms with Gasteiger partial charge < -0.3 is 19.9 Å². The van der Waals surface area contributed by atoms with Crippen LogP contribution in [0.15, 0.2) is 27.8 Å². The summed E-state index contributed by atoms with van der Waals surface area (Å²) >= 11 is 0. The molecule has 160 valence electrons. The molecule has 0 aliphatic carbocycles. The zero-order valence-electron chi connectivity index (χ0n) is 16.9. The fourth-order valence-electron chi connectivity index (χ4n) is 2.52. The third-order valence-electron chi connectivity index (χ3n) is 4.27. The Morgan fingerprint density at radius 3 is 2.30 bits per heavy atom. The number of hydrogen-bond acceptors (Lipinski definition) is 9. The molecule has 0 amide bonds. The molecule has 11 heteroatoms. The van der Waals surface area contributed by atoms with Gasteiger partial charge in [0.15, 0.2) is 30.5 Å². The molecule has 1 aromatic carbocycles. The van der Waals surface area contributed by atoms with Gasteiger partial charge in [-0.05, 0) is 25.1 Å². The predicted molar refractivity (Wildman–Crippen MR) is 105 cm³/mol. The van der Waals surface area contributed by atoms with E-state index in [1.54, 1.807) is 0 Å². The molecule has 1 heterocycles. The molecule has 0 spiro atoms. The highest BCUT2D eigenvalue weighted by molar-refractivity contribution is 6.01. The van der Waals surface area contributed by atoms with Gasteiger partial charge in [0, 0.05) is 19.7 Å². The highest BCUT2D eigenvalue weighted by atomic mass is 16.6. The number of esters is 1. The second kappa shape index (κ2) is 9.07. The van der Waals surface area contributed by atoms with Crippen molar-refractivity contribution in [2.24, 2.45) is 14.1 Å². The number of carbonyl (C=O) groups is 3. The standard InChI is InChI=1S/C19H21N3O8/c1-10(23)11-5-6-13(14(7-11)28-4)29-9-15(25)30-8-12(24)16-17(20)21(2)19(27)22(3)18(16)26/h5-7H,8-9,20H2,1-4H3. The molecular formula is C19H21N3O8. The lowest BCUT2D eigenvalue weighted by Crippen LogP contribution is -2.42. The van der Waals surface area contributed by atoms with Crippen LogP contribution in [-0.2, 0) is 23.6 Å². The van der Waals surface area contributed by atoms with Crippen LogP contribution in [0.5, 0.6) is 11.5 Å². The number of aromatic nitrogens is 2. The lowest BCUT2D eigenvalue weighted by atomic mass is 10.1. The van der Waals surface area contributed by atoms with E-state index in [1.165, 1.54) is 46.3 Å². The maximum Gasteiger partial charge on any atom is 0.344 e. The van der Waals surface area contributed by atoms with Crippen molar-refractivity contribution < 1.29 is 28.6 Å². The van der Waals surface area contributed by atoms with E-state index in [9.17, 15) is 24.0 Å². The third kappa shape index (κ3) is 4.57. The smallest absolute Gasteiger partial charge is 0.344 e. The number of anilines is 1. The average molecular weight is 419 g/mol. The molecule has 0 aliphatic rings. The molecule has 0 aliphatic heterocycles. The Morgan fingerprint density at radius 2 is 1.70 bits per heavy atom. The van der Waals surface area contributed by atoms with Crippen LogP contribution in [-0.4, -0.2) is 47.0 Å². The van der Waals surface area contributed by atoms with Crippen LogP contribution >= 0.6 is 0 Å². The molecule has 30 heavy (non-hydrogen) atoms. The largest absolute Gasteiger partial charge is 0.493 e. The number of nitrogens with zero attached hydrogens (tertiary/aromatic N) is 2. The third-order valence-corrected chi connectivity index (χ3v) is 4.27. The summed E-state index contributed by atoms with van der Waals surface area (Å²) in [5.41, 5.74) is 4.07. The first-order valence-corrected chi connectivity index (χ1v) is 8.64. The van der Waals surface area contributed by atoms with Crippen molar-refractivity contribution >= 4 is 23.4 Å². The summed E-state index contributed by atoms with van der Waals surface area (Å²) in [6, 6.07) is 4.43. The summed E-state index contributed by atoms with van der Waals surface area (Å²) in [4.78, 5) is 59.6. The zero-order valence-corrected chi connectivity index (χ0v) is 16.9. The topological polar surface area (TPSA) is 149 Å². The van der Waals surface area contributed by atoms with Gasteiger partial charge in [0.25, 0.3) is 5.56 Å². The minimum atomic E-state index is -0.888. The van der Waals surface area contributed by atoms with Crippen molar-refractivity contribution in [2.45, 2.75) is 6.92 Å². The zero-order chi connectivity index (χ0) is 22.6. The highest BCUT2D eigenvalue weighted by Gasteiger charge is 2.21. The molecule has 2 N–H and O–H groups in total. The van der Waals surface area contributed by atoms with Crippen LogP contribution in [0.25, 0.3) is 0 Å². The number of hydrogen-bond donors (Lipinski definition) is 1. The number of rotatable bonds is 8. The van der Waals surface area contributed by atoms with E-state index in [2.05, 4.69) is 0 Å². The number of benzene rings is 1. The Bertz CT molecular complexity index is 1130. The first-order chi connectivity index (χ1) is 14.1. The summed E-state index contributed by atoms with van der Waals surface area (Å²) in [6.07, 6.45) is 0. The minimum absolute atomic E-state index is 0.165. The van der Waals surface area contributed by atoms with E-state index in [-0.39, 0.29) is 23.1 Å². The summed E-state index contributed by atoms with van der Waals surface area (Å²) in [6.45, 7) is 0.0818. The molecule has 0 unspecified atom stereocenters. The minimum Gasteiger partial charge on any atom is -0.493 e. The van der Waals surface area contributed by atoms with E-state index in [1.807, 2.05) is 0 Å². The maximum atomic E-state index is 12.3. The second-order valence-corrected chi connectivity index (χ2v) is 6.26. The molecule has 0 saturated carbocycles. The van der Waals surface area contributed by atoms with Crippen molar-refractivity contribution in [1.29, 1.82) is 0 Å². The van der Waals surface area contributed by atoms with Crippen LogP contribution in [0.2, 0.25) is 0 Å². The lowest BCUT2D eigenvalue weighted by Gasteiger charge is -2.12. The molecule has 11 nitrogen and oxygen atoms in total. The first kappa shape index (κ1) is 22.4. The number of ether oxygens (including phenoxy) is 3. The predicted octanol–water partition coefficient (Wildman–Crippen LogP) is -0.318. The van der Waals surface area contributed by atoms with Crippen molar-refractivity contribution in [3.05, 3.63) is 50.2 Å². The van der Waals surface area contributed by atoms with Gasteiger partial charge in [-0.25, -0.2) is 9.59 Å². The first-order valence-electron chi connectivity index (χ1n) is 8.64. The molecule has 0 radical (unpaired) electrons. The van der Waals surface area contributed by atoms with Crippen LogP contribution in [0.1, 0.15) is 27.6 Å². The number of carbonyl (C=O) groups excluding carboxylic acids is 3. The molecule has 0 atom stereocenters. The Kier molecular flexibility index (Phi) is 6.77. The van der Waals surface area contributed by atoms with Crippen LogP contribution in [0.4, 0.5) is 5.82 Å². The van der Waals surface area contributed by atoms with Crippen molar-refractivity contribution in [2.75, 3.05) is 26.1 Å². The molecule has 1 aromatic heterocycles.